The second kappa shape index (κ2) is 6.82. The van der Waals surface area contributed by atoms with Crippen molar-refractivity contribution in [3.05, 3.63) is 53.3 Å². The smallest absolute Gasteiger partial charge is 0.211 e. The van der Waals surface area contributed by atoms with E-state index < -0.39 is 0 Å². The van der Waals surface area contributed by atoms with Crippen LogP contribution in [0.15, 0.2) is 46.6 Å². The van der Waals surface area contributed by atoms with Gasteiger partial charge in [0.1, 0.15) is 0 Å². The number of hydrogen-bond acceptors (Lipinski definition) is 4. The second-order valence-corrected chi connectivity index (χ2v) is 7.42. The minimum atomic E-state index is 0.551. The number of nitrogens with zero attached hydrogens (tertiary/aromatic N) is 4. The van der Waals surface area contributed by atoms with Gasteiger partial charge in [0.15, 0.2) is 5.65 Å². The largest absolute Gasteiger partial charge is 0.342 e. The first kappa shape index (κ1) is 16.1. The molecule has 1 aromatic carbocycles. The summed E-state index contributed by atoms with van der Waals surface area (Å²) in [7, 11) is 0. The second-order valence-electron chi connectivity index (χ2n) is 5.55. The Morgan fingerprint density at radius 3 is 2.71 bits per heavy atom. The molecule has 24 heavy (non-hydrogen) atoms. The molecule has 0 bridgehead atoms. The van der Waals surface area contributed by atoms with Crippen LogP contribution in [0.2, 0.25) is 10.0 Å². The van der Waals surface area contributed by atoms with Crippen LogP contribution >= 0.6 is 35.0 Å². The van der Waals surface area contributed by atoms with E-state index in [0.717, 1.165) is 47.3 Å². The summed E-state index contributed by atoms with van der Waals surface area (Å²) in [6.45, 7) is 1.99. The van der Waals surface area contributed by atoms with Gasteiger partial charge in [0, 0.05) is 36.6 Å². The minimum Gasteiger partial charge on any atom is -0.342 e. The Morgan fingerprint density at radius 2 is 1.88 bits per heavy atom. The molecule has 1 saturated heterocycles. The fourth-order valence-electron chi connectivity index (χ4n) is 2.82. The van der Waals surface area contributed by atoms with E-state index in [4.69, 9.17) is 23.2 Å². The van der Waals surface area contributed by atoms with Crippen LogP contribution in [0.5, 0.6) is 0 Å². The number of hydrogen-bond donors (Lipinski definition) is 0. The molecule has 3 heterocycles. The molecule has 1 aliphatic heterocycles. The Kier molecular flexibility index (Phi) is 4.57. The first-order chi connectivity index (χ1) is 11.7. The van der Waals surface area contributed by atoms with Gasteiger partial charge in [-0.3, -0.25) is 4.40 Å². The van der Waals surface area contributed by atoms with Crippen molar-refractivity contribution in [3.8, 4) is 0 Å². The van der Waals surface area contributed by atoms with Gasteiger partial charge in [0.25, 0.3) is 0 Å². The molecule has 4 nitrogen and oxygen atoms in total. The van der Waals surface area contributed by atoms with Gasteiger partial charge in [-0.1, -0.05) is 41.0 Å². The van der Waals surface area contributed by atoms with E-state index in [0.29, 0.717) is 10.0 Å². The molecule has 3 aromatic rings. The van der Waals surface area contributed by atoms with Crippen LogP contribution in [0.4, 0.5) is 5.95 Å². The number of imidazole rings is 1. The lowest BCUT2D eigenvalue weighted by Crippen LogP contribution is -2.32. The Hall–Kier alpha value is -1.43. The van der Waals surface area contributed by atoms with E-state index in [-0.39, 0.29) is 0 Å². The van der Waals surface area contributed by atoms with Gasteiger partial charge in [-0.25, -0.2) is 9.97 Å². The summed E-state index contributed by atoms with van der Waals surface area (Å²) in [5.74, 6) is 0.942. The predicted molar refractivity (Wildman–Crippen MR) is 99.3 cm³/mol. The molecule has 0 unspecified atom stereocenters. The Bertz CT molecular complexity index is 874. The first-order valence-electron chi connectivity index (χ1n) is 7.74. The van der Waals surface area contributed by atoms with Crippen molar-refractivity contribution in [1.82, 2.24) is 14.4 Å². The Balaban J connectivity index is 1.72. The van der Waals surface area contributed by atoms with E-state index in [9.17, 15) is 0 Å². The first-order valence-corrected chi connectivity index (χ1v) is 9.32. The highest BCUT2D eigenvalue weighted by molar-refractivity contribution is 7.99. The lowest BCUT2D eigenvalue weighted by Gasteiger charge is -2.28. The normalized spacial score (nSPS) is 15.2. The molecular formula is C17H15Cl2N4S. The van der Waals surface area contributed by atoms with E-state index in [1.165, 1.54) is 11.8 Å². The number of halogens is 2. The highest BCUT2D eigenvalue weighted by atomic mass is 35.5. The van der Waals surface area contributed by atoms with Gasteiger partial charge in [-0.2, -0.15) is 0 Å². The number of piperidine rings is 1. The van der Waals surface area contributed by atoms with Crippen LogP contribution in [-0.2, 0) is 0 Å². The SMILES string of the molecule is Clc1cccc(Sc2cnc(N3CC[CH]CC3)n3ccnc23)c1Cl. The zero-order valence-electron chi connectivity index (χ0n) is 12.8. The summed E-state index contributed by atoms with van der Waals surface area (Å²) in [4.78, 5) is 13.4. The molecule has 7 heteroatoms. The number of benzene rings is 1. The molecule has 1 aliphatic rings. The van der Waals surface area contributed by atoms with Gasteiger partial charge in [-0.05, 0) is 31.4 Å². The fraction of sp³-hybridized carbons (Fsp3) is 0.235. The molecule has 0 amide bonds. The van der Waals surface area contributed by atoms with E-state index >= 15 is 0 Å². The maximum atomic E-state index is 6.31. The van der Waals surface area contributed by atoms with Crippen LogP contribution in [0.25, 0.3) is 5.65 Å². The molecule has 1 fully saturated rings. The van der Waals surface area contributed by atoms with Crippen LogP contribution in [-0.4, -0.2) is 27.5 Å². The van der Waals surface area contributed by atoms with Crippen molar-refractivity contribution in [1.29, 1.82) is 0 Å². The van der Waals surface area contributed by atoms with E-state index in [2.05, 4.69) is 21.3 Å². The van der Waals surface area contributed by atoms with Gasteiger partial charge in [0.2, 0.25) is 5.95 Å². The molecule has 0 spiro atoms. The van der Waals surface area contributed by atoms with E-state index in [1.54, 1.807) is 12.3 Å². The van der Waals surface area contributed by atoms with Crippen molar-refractivity contribution >= 4 is 46.6 Å². The fourth-order valence-corrected chi connectivity index (χ4v) is 4.22. The zero-order chi connectivity index (χ0) is 16.5. The van der Waals surface area contributed by atoms with E-state index in [1.807, 2.05) is 28.9 Å². The maximum absolute atomic E-state index is 6.31. The van der Waals surface area contributed by atoms with Gasteiger partial charge < -0.3 is 4.90 Å². The summed E-state index contributed by atoms with van der Waals surface area (Å²) in [6.07, 6.45) is 10.1. The van der Waals surface area contributed by atoms with Gasteiger partial charge in [0.05, 0.1) is 14.9 Å². The van der Waals surface area contributed by atoms with Crippen LogP contribution in [0.3, 0.4) is 0 Å². The van der Waals surface area contributed by atoms with Crippen molar-refractivity contribution in [2.45, 2.75) is 22.6 Å². The van der Waals surface area contributed by atoms with Crippen molar-refractivity contribution in [3.63, 3.8) is 0 Å². The molecular weight excluding hydrogens is 363 g/mol. The minimum absolute atomic E-state index is 0.551. The van der Waals surface area contributed by atoms with Crippen molar-refractivity contribution < 1.29 is 0 Å². The molecule has 0 atom stereocenters. The standard InChI is InChI=1S/C17H15Cl2N4S/c18-12-5-4-6-13(15(12)19)24-14-11-21-17(22-8-2-1-3-9-22)23-10-7-20-16(14)23/h1,4-7,10-11H,2-3,8-9H2. The predicted octanol–water partition coefficient (Wildman–Crippen LogP) is 4.99. The number of fused-ring (bicyclic) bond motifs is 1. The maximum Gasteiger partial charge on any atom is 0.211 e. The number of anilines is 1. The topological polar surface area (TPSA) is 33.4 Å². The molecule has 0 N–H and O–H groups in total. The third-order valence-corrected chi connectivity index (χ3v) is 6.00. The summed E-state index contributed by atoms with van der Waals surface area (Å²) >= 11 is 14.0. The van der Waals surface area contributed by atoms with Crippen molar-refractivity contribution in [2.75, 3.05) is 18.0 Å². The average Bonchev–Trinajstić information content (AvgIpc) is 3.10. The molecule has 4 rings (SSSR count). The molecule has 1 radical (unpaired) electrons. The quantitative estimate of drug-likeness (QED) is 0.643. The summed E-state index contributed by atoms with van der Waals surface area (Å²) < 4.78 is 2.05. The molecule has 2 aromatic heterocycles. The average molecular weight is 378 g/mol. The third kappa shape index (κ3) is 2.96. The monoisotopic (exact) mass is 377 g/mol. The van der Waals surface area contributed by atoms with Gasteiger partial charge in [-0.15, -0.1) is 0 Å². The van der Waals surface area contributed by atoms with Gasteiger partial charge >= 0.3 is 0 Å². The molecule has 123 valence electrons. The summed E-state index contributed by atoms with van der Waals surface area (Å²) in [6, 6.07) is 5.63. The lowest BCUT2D eigenvalue weighted by atomic mass is 10.1. The Labute approximate surface area is 154 Å². The number of aromatic nitrogens is 3. The molecule has 0 saturated carbocycles. The molecule has 0 aliphatic carbocycles. The van der Waals surface area contributed by atoms with Crippen molar-refractivity contribution in [2.24, 2.45) is 0 Å². The van der Waals surface area contributed by atoms with Crippen LogP contribution in [0, 0.1) is 6.42 Å². The number of rotatable bonds is 3. The summed E-state index contributed by atoms with van der Waals surface area (Å²) in [5.41, 5.74) is 0.885. The highest BCUT2D eigenvalue weighted by Gasteiger charge is 2.18. The van der Waals surface area contributed by atoms with Crippen LogP contribution < -0.4 is 4.90 Å². The Morgan fingerprint density at radius 1 is 1.04 bits per heavy atom. The summed E-state index contributed by atoms with van der Waals surface area (Å²) in [5, 5.41) is 1.11. The zero-order valence-corrected chi connectivity index (χ0v) is 15.2. The van der Waals surface area contributed by atoms with Crippen LogP contribution in [0.1, 0.15) is 12.8 Å². The highest BCUT2D eigenvalue weighted by Crippen LogP contribution is 2.38. The lowest BCUT2D eigenvalue weighted by molar-refractivity contribution is 0.656. The third-order valence-electron chi connectivity index (χ3n) is 4.00.